The highest BCUT2D eigenvalue weighted by molar-refractivity contribution is 5.93. The van der Waals surface area contributed by atoms with Gasteiger partial charge in [0.05, 0.1) is 12.5 Å². The van der Waals surface area contributed by atoms with Gasteiger partial charge in [0, 0.05) is 18.8 Å². The Morgan fingerprint density at radius 1 is 0.811 bits per heavy atom. The van der Waals surface area contributed by atoms with E-state index in [1.165, 1.54) is 0 Å². The van der Waals surface area contributed by atoms with Gasteiger partial charge in [-0.1, -0.05) is 70.2 Å². The highest BCUT2D eigenvalue weighted by atomic mass is 16.5. The van der Waals surface area contributed by atoms with Crippen molar-refractivity contribution in [3.8, 4) is 28.3 Å². The number of amides is 1. The monoisotopic (exact) mass is 495 g/mol. The van der Waals surface area contributed by atoms with Crippen LogP contribution in [-0.2, 0) is 0 Å². The molecule has 0 bridgehead atoms. The van der Waals surface area contributed by atoms with Gasteiger partial charge < -0.3 is 9.64 Å². The van der Waals surface area contributed by atoms with E-state index in [2.05, 4.69) is 56.9 Å². The van der Waals surface area contributed by atoms with Crippen LogP contribution >= 0.6 is 0 Å². The van der Waals surface area contributed by atoms with Crippen LogP contribution in [-0.4, -0.2) is 33.4 Å². The van der Waals surface area contributed by atoms with E-state index in [0.29, 0.717) is 17.5 Å². The molecule has 3 aromatic carbocycles. The fourth-order valence-corrected chi connectivity index (χ4v) is 4.14. The molecule has 0 saturated carbocycles. The van der Waals surface area contributed by atoms with Crippen molar-refractivity contribution in [2.75, 3.05) is 13.1 Å². The first-order valence-electron chi connectivity index (χ1n) is 13.2. The van der Waals surface area contributed by atoms with Gasteiger partial charge in [0.25, 0.3) is 5.91 Å². The van der Waals surface area contributed by atoms with Gasteiger partial charge in [0.1, 0.15) is 17.2 Å². The summed E-state index contributed by atoms with van der Waals surface area (Å²) >= 11 is 0. The molecule has 5 heteroatoms. The molecular weight excluding hydrogens is 458 g/mol. The largest absolute Gasteiger partial charge is 0.457 e. The predicted molar refractivity (Wildman–Crippen MR) is 150 cm³/mol. The second-order valence-corrected chi connectivity index (χ2v) is 10.3. The molecule has 37 heavy (non-hydrogen) atoms. The van der Waals surface area contributed by atoms with Gasteiger partial charge in [-0.15, -0.1) is 0 Å². The number of hydrogen-bond donors (Lipinski definition) is 0. The van der Waals surface area contributed by atoms with Gasteiger partial charge in [-0.3, -0.25) is 9.36 Å². The molecule has 0 atom stereocenters. The van der Waals surface area contributed by atoms with Gasteiger partial charge in [0.15, 0.2) is 0 Å². The highest BCUT2D eigenvalue weighted by Gasteiger charge is 2.21. The molecule has 1 heterocycles. The number of ether oxygens (including phenoxy) is 1. The first kappa shape index (κ1) is 26.2. The summed E-state index contributed by atoms with van der Waals surface area (Å²) in [7, 11) is 0. The molecule has 0 spiro atoms. The standard InChI is InChI=1S/C32H37N3O2/c1-24(2)17-19-34(20-18-25(3)4)32(36)31-22-33-23-35(31)28-10-8-9-27(21-28)26-13-15-30(16-14-26)37-29-11-6-5-7-12-29/h5-16,21-25H,17-20H2,1-4H3. The van der Waals surface area contributed by atoms with Crippen molar-refractivity contribution in [2.45, 2.75) is 40.5 Å². The zero-order chi connectivity index (χ0) is 26.2. The summed E-state index contributed by atoms with van der Waals surface area (Å²) in [6.07, 6.45) is 5.38. The molecular formula is C32H37N3O2. The molecule has 1 aromatic heterocycles. The Morgan fingerprint density at radius 3 is 2.11 bits per heavy atom. The highest BCUT2D eigenvalue weighted by Crippen LogP contribution is 2.27. The van der Waals surface area contributed by atoms with E-state index in [9.17, 15) is 4.79 Å². The lowest BCUT2D eigenvalue weighted by molar-refractivity contribution is 0.0732. The molecule has 0 N–H and O–H groups in total. The third-order valence-corrected chi connectivity index (χ3v) is 6.39. The van der Waals surface area contributed by atoms with Crippen molar-refractivity contribution in [2.24, 2.45) is 11.8 Å². The lowest BCUT2D eigenvalue weighted by Gasteiger charge is -2.25. The van der Waals surface area contributed by atoms with Gasteiger partial charge in [0.2, 0.25) is 0 Å². The van der Waals surface area contributed by atoms with Crippen molar-refractivity contribution < 1.29 is 9.53 Å². The summed E-state index contributed by atoms with van der Waals surface area (Å²) in [5, 5.41) is 0. The second kappa shape index (κ2) is 12.4. The summed E-state index contributed by atoms with van der Waals surface area (Å²) in [6.45, 7) is 10.3. The van der Waals surface area contributed by atoms with E-state index in [4.69, 9.17) is 4.74 Å². The van der Waals surface area contributed by atoms with Crippen LogP contribution in [0.25, 0.3) is 16.8 Å². The van der Waals surface area contributed by atoms with Gasteiger partial charge in [-0.25, -0.2) is 4.98 Å². The number of benzene rings is 3. The topological polar surface area (TPSA) is 47.4 Å². The van der Waals surface area contributed by atoms with Crippen molar-refractivity contribution >= 4 is 5.91 Å². The number of para-hydroxylation sites is 1. The molecule has 192 valence electrons. The zero-order valence-electron chi connectivity index (χ0n) is 22.3. The van der Waals surface area contributed by atoms with E-state index in [0.717, 1.165) is 54.2 Å². The zero-order valence-corrected chi connectivity index (χ0v) is 22.3. The lowest BCUT2D eigenvalue weighted by Crippen LogP contribution is -2.35. The van der Waals surface area contributed by atoms with Crippen LogP contribution in [0.1, 0.15) is 51.0 Å². The average Bonchev–Trinajstić information content (AvgIpc) is 3.39. The Kier molecular flexibility index (Phi) is 8.78. The molecule has 5 nitrogen and oxygen atoms in total. The molecule has 0 fully saturated rings. The Labute approximate surface area is 220 Å². The molecule has 0 saturated heterocycles. The number of nitrogens with zero attached hydrogens (tertiary/aromatic N) is 3. The molecule has 1 amide bonds. The SMILES string of the molecule is CC(C)CCN(CCC(C)C)C(=O)c1cncn1-c1cccc(-c2ccc(Oc3ccccc3)cc2)c1. The number of carbonyl (C=O) groups is 1. The molecule has 0 unspecified atom stereocenters. The van der Waals surface area contributed by atoms with Gasteiger partial charge in [-0.2, -0.15) is 0 Å². The summed E-state index contributed by atoms with van der Waals surface area (Å²) in [5.41, 5.74) is 3.64. The first-order chi connectivity index (χ1) is 17.9. The maximum atomic E-state index is 13.6. The van der Waals surface area contributed by atoms with E-state index >= 15 is 0 Å². The van der Waals surface area contributed by atoms with Crippen LogP contribution in [0.4, 0.5) is 0 Å². The second-order valence-electron chi connectivity index (χ2n) is 10.3. The first-order valence-corrected chi connectivity index (χ1v) is 13.2. The van der Waals surface area contributed by atoms with E-state index < -0.39 is 0 Å². The van der Waals surface area contributed by atoms with Gasteiger partial charge in [-0.05, 0) is 72.2 Å². The number of carbonyl (C=O) groups excluding carboxylic acids is 1. The summed E-state index contributed by atoms with van der Waals surface area (Å²) < 4.78 is 7.83. The van der Waals surface area contributed by atoms with E-state index in [1.54, 1.807) is 12.5 Å². The van der Waals surface area contributed by atoms with Crippen LogP contribution in [0.2, 0.25) is 0 Å². The Hall–Kier alpha value is -3.86. The Morgan fingerprint density at radius 2 is 1.46 bits per heavy atom. The minimum Gasteiger partial charge on any atom is -0.457 e. The molecule has 4 rings (SSSR count). The van der Waals surface area contributed by atoms with Crippen molar-refractivity contribution in [3.63, 3.8) is 0 Å². The minimum atomic E-state index is 0.0339. The minimum absolute atomic E-state index is 0.0339. The molecule has 0 aliphatic heterocycles. The fraction of sp³-hybridized carbons (Fsp3) is 0.312. The Bertz CT molecular complexity index is 1260. The molecule has 4 aromatic rings. The van der Waals surface area contributed by atoms with Crippen LogP contribution in [0.15, 0.2) is 91.4 Å². The Balaban J connectivity index is 1.54. The fourth-order valence-electron chi connectivity index (χ4n) is 4.14. The summed E-state index contributed by atoms with van der Waals surface area (Å²) in [6, 6.07) is 26.0. The maximum Gasteiger partial charge on any atom is 0.272 e. The predicted octanol–water partition coefficient (Wildman–Crippen LogP) is 7.87. The van der Waals surface area contributed by atoms with Crippen LogP contribution in [0.5, 0.6) is 11.5 Å². The number of rotatable bonds is 11. The quantitative estimate of drug-likeness (QED) is 0.213. The number of aromatic nitrogens is 2. The third kappa shape index (κ3) is 7.10. The molecule has 0 aliphatic carbocycles. The lowest BCUT2D eigenvalue weighted by atomic mass is 10.0. The van der Waals surface area contributed by atoms with Crippen molar-refractivity contribution in [3.05, 3.63) is 97.1 Å². The third-order valence-electron chi connectivity index (χ3n) is 6.39. The van der Waals surface area contributed by atoms with Gasteiger partial charge >= 0.3 is 0 Å². The van der Waals surface area contributed by atoms with Crippen molar-refractivity contribution in [1.29, 1.82) is 0 Å². The van der Waals surface area contributed by atoms with Crippen LogP contribution < -0.4 is 4.74 Å². The smallest absolute Gasteiger partial charge is 0.272 e. The van der Waals surface area contributed by atoms with E-state index in [-0.39, 0.29) is 5.91 Å². The van der Waals surface area contributed by atoms with Crippen LogP contribution in [0, 0.1) is 11.8 Å². The van der Waals surface area contributed by atoms with E-state index in [1.807, 2.05) is 64.1 Å². The molecule has 0 aliphatic rings. The maximum absolute atomic E-state index is 13.6. The molecule has 0 radical (unpaired) electrons. The number of imidazole rings is 1. The summed E-state index contributed by atoms with van der Waals surface area (Å²) in [5.74, 6) is 2.72. The summed E-state index contributed by atoms with van der Waals surface area (Å²) in [4.78, 5) is 20.0. The number of hydrogen-bond acceptors (Lipinski definition) is 3. The normalized spacial score (nSPS) is 11.2. The average molecular weight is 496 g/mol. The van der Waals surface area contributed by atoms with Crippen LogP contribution in [0.3, 0.4) is 0 Å². The van der Waals surface area contributed by atoms with Crippen molar-refractivity contribution in [1.82, 2.24) is 14.5 Å².